The Balaban J connectivity index is 1.40. The summed E-state index contributed by atoms with van der Waals surface area (Å²) in [6.07, 6.45) is 1.47. The first-order valence-corrected chi connectivity index (χ1v) is 10.9. The molecule has 1 aliphatic rings. The lowest BCUT2D eigenvalue weighted by atomic mass is 10.0. The van der Waals surface area contributed by atoms with Crippen molar-refractivity contribution in [3.63, 3.8) is 0 Å². The SMILES string of the molecule is CC(C)Cc1ccc(CC(=O)NCc2cccc(OCCN3CCOCC3)c2)cc1. The van der Waals surface area contributed by atoms with Gasteiger partial charge in [0.15, 0.2) is 0 Å². The zero-order valence-corrected chi connectivity index (χ0v) is 18.2. The molecule has 162 valence electrons. The molecule has 1 saturated heterocycles. The van der Waals surface area contributed by atoms with Crippen molar-refractivity contribution in [3.8, 4) is 5.75 Å². The molecule has 2 aromatic rings. The molecule has 1 N–H and O–H groups in total. The zero-order chi connectivity index (χ0) is 21.2. The molecule has 2 aromatic carbocycles. The fourth-order valence-corrected chi connectivity index (χ4v) is 3.58. The van der Waals surface area contributed by atoms with Crippen LogP contribution in [-0.4, -0.2) is 50.3 Å². The predicted octanol–water partition coefficient (Wildman–Crippen LogP) is 3.46. The lowest BCUT2D eigenvalue weighted by Crippen LogP contribution is -2.38. The van der Waals surface area contributed by atoms with Gasteiger partial charge in [0.25, 0.3) is 0 Å². The zero-order valence-electron chi connectivity index (χ0n) is 18.2. The van der Waals surface area contributed by atoms with Crippen molar-refractivity contribution in [2.75, 3.05) is 39.5 Å². The van der Waals surface area contributed by atoms with Crippen LogP contribution in [0, 0.1) is 5.92 Å². The number of amides is 1. The Labute approximate surface area is 180 Å². The van der Waals surface area contributed by atoms with Crippen LogP contribution in [0.15, 0.2) is 48.5 Å². The Bertz CT molecular complexity index is 783. The third kappa shape index (κ3) is 7.81. The molecule has 1 aliphatic heterocycles. The Morgan fingerprint density at radius 3 is 2.53 bits per heavy atom. The third-order valence-corrected chi connectivity index (χ3v) is 5.20. The lowest BCUT2D eigenvalue weighted by Gasteiger charge is -2.26. The fourth-order valence-electron chi connectivity index (χ4n) is 3.58. The van der Waals surface area contributed by atoms with E-state index in [1.54, 1.807) is 0 Å². The Kier molecular flexibility index (Phi) is 8.72. The van der Waals surface area contributed by atoms with E-state index in [1.807, 2.05) is 24.3 Å². The van der Waals surface area contributed by atoms with E-state index in [0.717, 1.165) is 56.1 Å². The summed E-state index contributed by atoms with van der Waals surface area (Å²) in [5, 5.41) is 3.01. The lowest BCUT2D eigenvalue weighted by molar-refractivity contribution is -0.120. The van der Waals surface area contributed by atoms with Crippen LogP contribution in [0.2, 0.25) is 0 Å². The monoisotopic (exact) mass is 410 g/mol. The number of morpholine rings is 1. The summed E-state index contributed by atoms with van der Waals surface area (Å²) in [5.74, 6) is 1.51. The molecular weight excluding hydrogens is 376 g/mol. The van der Waals surface area contributed by atoms with Gasteiger partial charge in [-0.05, 0) is 41.2 Å². The highest BCUT2D eigenvalue weighted by Gasteiger charge is 2.10. The van der Waals surface area contributed by atoms with Gasteiger partial charge < -0.3 is 14.8 Å². The minimum absolute atomic E-state index is 0.0326. The maximum atomic E-state index is 12.3. The van der Waals surface area contributed by atoms with Crippen molar-refractivity contribution in [2.45, 2.75) is 33.2 Å². The van der Waals surface area contributed by atoms with Gasteiger partial charge in [-0.15, -0.1) is 0 Å². The number of carbonyl (C=O) groups is 1. The number of hydrogen-bond donors (Lipinski definition) is 1. The van der Waals surface area contributed by atoms with Gasteiger partial charge in [0.2, 0.25) is 5.91 Å². The molecule has 0 atom stereocenters. The number of nitrogens with one attached hydrogen (secondary N) is 1. The first-order valence-electron chi connectivity index (χ1n) is 10.9. The summed E-state index contributed by atoms with van der Waals surface area (Å²) in [5.41, 5.74) is 3.40. The second kappa shape index (κ2) is 11.7. The number of rotatable bonds is 10. The van der Waals surface area contributed by atoms with E-state index in [2.05, 4.69) is 48.3 Å². The summed E-state index contributed by atoms with van der Waals surface area (Å²) in [7, 11) is 0. The van der Waals surface area contributed by atoms with Crippen molar-refractivity contribution >= 4 is 5.91 Å². The largest absolute Gasteiger partial charge is 0.492 e. The van der Waals surface area contributed by atoms with Crippen LogP contribution in [0.25, 0.3) is 0 Å². The van der Waals surface area contributed by atoms with E-state index in [1.165, 1.54) is 5.56 Å². The molecule has 0 saturated carbocycles. The van der Waals surface area contributed by atoms with E-state index in [4.69, 9.17) is 9.47 Å². The quantitative estimate of drug-likeness (QED) is 0.652. The summed E-state index contributed by atoms with van der Waals surface area (Å²) >= 11 is 0. The molecule has 5 nitrogen and oxygen atoms in total. The molecule has 0 bridgehead atoms. The third-order valence-electron chi connectivity index (χ3n) is 5.20. The highest BCUT2D eigenvalue weighted by molar-refractivity contribution is 5.78. The molecule has 0 spiro atoms. The van der Waals surface area contributed by atoms with Gasteiger partial charge in [-0.25, -0.2) is 0 Å². The molecule has 1 fully saturated rings. The van der Waals surface area contributed by atoms with Crippen molar-refractivity contribution < 1.29 is 14.3 Å². The number of ether oxygens (including phenoxy) is 2. The minimum atomic E-state index is 0.0326. The van der Waals surface area contributed by atoms with E-state index in [0.29, 0.717) is 25.5 Å². The summed E-state index contributed by atoms with van der Waals surface area (Å²) in [6, 6.07) is 16.3. The van der Waals surface area contributed by atoms with Gasteiger partial charge in [0.05, 0.1) is 19.6 Å². The Morgan fingerprint density at radius 1 is 1.07 bits per heavy atom. The molecule has 0 radical (unpaired) electrons. The van der Waals surface area contributed by atoms with Gasteiger partial charge in [0, 0.05) is 26.2 Å². The van der Waals surface area contributed by atoms with Gasteiger partial charge in [-0.2, -0.15) is 0 Å². The van der Waals surface area contributed by atoms with Crippen molar-refractivity contribution in [1.29, 1.82) is 0 Å². The van der Waals surface area contributed by atoms with Gasteiger partial charge in [0.1, 0.15) is 12.4 Å². The van der Waals surface area contributed by atoms with Crippen LogP contribution in [-0.2, 0) is 28.9 Å². The molecule has 0 aromatic heterocycles. The Hall–Kier alpha value is -2.37. The van der Waals surface area contributed by atoms with E-state index in [-0.39, 0.29) is 5.91 Å². The first-order chi connectivity index (χ1) is 14.6. The normalized spacial score (nSPS) is 14.6. The standard InChI is InChI=1S/C25H34N2O3/c1-20(2)16-21-6-8-22(9-7-21)18-25(28)26-19-23-4-3-5-24(17-23)30-15-12-27-10-13-29-14-11-27/h3-9,17,20H,10-16,18-19H2,1-2H3,(H,26,28). The van der Waals surface area contributed by atoms with Crippen LogP contribution >= 0.6 is 0 Å². The molecule has 3 rings (SSSR count). The summed E-state index contributed by atoms with van der Waals surface area (Å²) < 4.78 is 11.3. The number of nitrogens with zero attached hydrogens (tertiary/aromatic N) is 1. The average molecular weight is 411 g/mol. The highest BCUT2D eigenvalue weighted by atomic mass is 16.5. The minimum Gasteiger partial charge on any atom is -0.492 e. The van der Waals surface area contributed by atoms with Gasteiger partial charge in [-0.1, -0.05) is 50.2 Å². The molecule has 30 heavy (non-hydrogen) atoms. The maximum absolute atomic E-state index is 12.3. The summed E-state index contributed by atoms with van der Waals surface area (Å²) in [6.45, 7) is 10.0. The topological polar surface area (TPSA) is 50.8 Å². The van der Waals surface area contributed by atoms with E-state index < -0.39 is 0 Å². The second-order valence-electron chi connectivity index (χ2n) is 8.32. The van der Waals surface area contributed by atoms with Crippen molar-refractivity contribution in [1.82, 2.24) is 10.2 Å². The van der Waals surface area contributed by atoms with Crippen molar-refractivity contribution in [3.05, 3.63) is 65.2 Å². The van der Waals surface area contributed by atoms with Gasteiger partial charge >= 0.3 is 0 Å². The highest BCUT2D eigenvalue weighted by Crippen LogP contribution is 2.14. The van der Waals surface area contributed by atoms with Crippen LogP contribution in [0.4, 0.5) is 0 Å². The van der Waals surface area contributed by atoms with Crippen LogP contribution in [0.3, 0.4) is 0 Å². The summed E-state index contributed by atoms with van der Waals surface area (Å²) in [4.78, 5) is 14.7. The number of carbonyl (C=O) groups excluding carboxylic acids is 1. The average Bonchev–Trinajstić information content (AvgIpc) is 2.74. The first kappa shape index (κ1) is 22.3. The van der Waals surface area contributed by atoms with E-state index >= 15 is 0 Å². The second-order valence-corrected chi connectivity index (χ2v) is 8.32. The smallest absolute Gasteiger partial charge is 0.224 e. The molecule has 1 amide bonds. The van der Waals surface area contributed by atoms with E-state index in [9.17, 15) is 4.79 Å². The van der Waals surface area contributed by atoms with Crippen molar-refractivity contribution in [2.24, 2.45) is 5.92 Å². The fraction of sp³-hybridized carbons (Fsp3) is 0.480. The maximum Gasteiger partial charge on any atom is 0.224 e. The van der Waals surface area contributed by atoms with Gasteiger partial charge in [-0.3, -0.25) is 9.69 Å². The molecule has 0 unspecified atom stereocenters. The number of benzene rings is 2. The molecule has 1 heterocycles. The predicted molar refractivity (Wildman–Crippen MR) is 120 cm³/mol. The van der Waals surface area contributed by atoms with Crippen LogP contribution in [0.5, 0.6) is 5.75 Å². The van der Waals surface area contributed by atoms with Crippen LogP contribution < -0.4 is 10.1 Å². The molecular formula is C25H34N2O3. The van der Waals surface area contributed by atoms with Crippen LogP contribution in [0.1, 0.15) is 30.5 Å². The Morgan fingerprint density at radius 2 is 1.80 bits per heavy atom. The number of hydrogen-bond acceptors (Lipinski definition) is 4. The molecule has 0 aliphatic carbocycles. The molecule has 5 heteroatoms.